The molecule has 1 aliphatic heterocycles. The lowest BCUT2D eigenvalue weighted by Crippen LogP contribution is -2.51. The summed E-state index contributed by atoms with van der Waals surface area (Å²) in [4.78, 5) is 35.8. The van der Waals surface area contributed by atoms with Crippen LogP contribution in [0.15, 0.2) is 17.1 Å². The summed E-state index contributed by atoms with van der Waals surface area (Å²) in [7, 11) is 0. The van der Waals surface area contributed by atoms with E-state index in [-0.39, 0.29) is 35.5 Å². The molecule has 17 heteroatoms. The molecule has 0 saturated heterocycles. The summed E-state index contributed by atoms with van der Waals surface area (Å²) < 4.78 is 0. The van der Waals surface area contributed by atoms with Crippen molar-refractivity contribution in [1.82, 2.24) is 58.1 Å². The van der Waals surface area contributed by atoms with Gasteiger partial charge in [-0.2, -0.15) is 0 Å². The van der Waals surface area contributed by atoms with Crippen LogP contribution < -0.4 is 70.4 Å². The summed E-state index contributed by atoms with van der Waals surface area (Å²) in [6, 6.07) is 0. The van der Waals surface area contributed by atoms with Gasteiger partial charge in [0.15, 0.2) is 0 Å². The predicted octanol–water partition coefficient (Wildman–Crippen LogP) is -0.348. The molecule has 374 valence electrons. The van der Waals surface area contributed by atoms with Gasteiger partial charge in [0.1, 0.15) is 0 Å². The van der Waals surface area contributed by atoms with Crippen molar-refractivity contribution in [1.29, 1.82) is 0 Å². The first kappa shape index (κ1) is 57.8. The summed E-state index contributed by atoms with van der Waals surface area (Å²) in [6.45, 7) is 22.1. The Balaban J connectivity index is 1.93. The number of nitrogens with zero attached hydrogens (tertiary/aromatic N) is 2. The Kier molecular flexibility index (Phi) is 38.0. The highest BCUT2D eigenvalue weighted by Crippen LogP contribution is 2.40. The smallest absolute Gasteiger partial charge is 0.224 e. The highest BCUT2D eigenvalue weighted by Gasteiger charge is 2.44. The number of hydrogen-bond acceptors (Lipinski definition) is 15. The molecule has 0 aromatic rings. The zero-order valence-corrected chi connectivity index (χ0v) is 40.6. The largest absolute Gasteiger partial charge is 0.357 e. The van der Waals surface area contributed by atoms with Crippen LogP contribution in [0.5, 0.6) is 0 Å². The van der Waals surface area contributed by atoms with Crippen LogP contribution in [-0.2, 0) is 9.59 Å². The fourth-order valence-electron chi connectivity index (χ4n) is 8.64. The highest BCUT2D eigenvalue weighted by molar-refractivity contribution is 5.89. The van der Waals surface area contributed by atoms with Gasteiger partial charge in [-0.1, -0.05) is 70.4 Å². The third-order valence-electron chi connectivity index (χ3n) is 12.2. The highest BCUT2D eigenvalue weighted by atomic mass is 16.2. The Bertz CT molecular complexity index is 1170. The minimum Gasteiger partial charge on any atom is -0.357 e. The monoisotopic (exact) mass is 906 g/mol. The van der Waals surface area contributed by atoms with Crippen LogP contribution in [0.1, 0.15) is 90.4 Å². The molecule has 0 spiro atoms. The number of nitrogens with two attached hydrogens (primary N) is 3. The molecular formula is C47H99N15O2. The van der Waals surface area contributed by atoms with Gasteiger partial charge in [0.05, 0.1) is 24.2 Å². The molecule has 64 heavy (non-hydrogen) atoms. The van der Waals surface area contributed by atoms with E-state index in [0.717, 1.165) is 169 Å². The number of carbonyl (C=O) groups is 2. The van der Waals surface area contributed by atoms with Crippen LogP contribution in [0, 0.1) is 23.7 Å². The van der Waals surface area contributed by atoms with Gasteiger partial charge in [-0.25, -0.2) is 0 Å². The summed E-state index contributed by atoms with van der Waals surface area (Å²) in [5, 5.41) is 33.9. The Labute approximate surface area is 389 Å². The lowest BCUT2D eigenvalue weighted by Gasteiger charge is -2.38. The normalized spacial score (nSPS) is 18.5. The van der Waals surface area contributed by atoms with Crippen molar-refractivity contribution in [3.8, 4) is 0 Å². The van der Waals surface area contributed by atoms with Gasteiger partial charge in [-0.05, 0) is 50.6 Å². The number of unbranched alkanes of at least 4 members (excludes halogenated alkanes) is 7. The fraction of sp³-hybridized carbons (Fsp3) is 0.894. The molecule has 0 fully saturated rings. The zero-order chi connectivity index (χ0) is 46.0. The van der Waals surface area contributed by atoms with Crippen LogP contribution in [0.2, 0.25) is 0 Å². The van der Waals surface area contributed by atoms with Gasteiger partial charge in [-0.15, -0.1) is 0 Å². The molecule has 2 amide bonds. The molecule has 1 heterocycles. The maximum atomic E-state index is 14.3. The third-order valence-corrected chi connectivity index (χ3v) is 12.2. The minimum atomic E-state index is -0.386. The number of amides is 2. The van der Waals surface area contributed by atoms with E-state index in [2.05, 4.69) is 77.1 Å². The number of allylic oxidation sites excluding steroid dienone is 2. The van der Waals surface area contributed by atoms with Crippen molar-refractivity contribution < 1.29 is 9.59 Å². The van der Waals surface area contributed by atoms with E-state index in [0.29, 0.717) is 45.8 Å². The SMILES string of the molecule is CCCCCCC1C=CC(CCCCCCCC2=NCCN2CCNCCNCCN)C(C(=O)NCCNCCNCCNCCCN)C1C(=O)NCCNCCNCCNCCN. The first-order valence-corrected chi connectivity index (χ1v) is 25.8. The number of rotatable bonds is 46. The van der Waals surface area contributed by atoms with Gasteiger partial charge >= 0.3 is 0 Å². The number of aliphatic imine (C=N–C) groups is 1. The molecule has 0 saturated carbocycles. The molecule has 4 atom stereocenters. The van der Waals surface area contributed by atoms with Crippen LogP contribution in [-0.4, -0.2) is 180 Å². The second kappa shape index (κ2) is 42.1. The Morgan fingerprint density at radius 1 is 0.516 bits per heavy atom. The van der Waals surface area contributed by atoms with Crippen molar-refractivity contribution in [2.75, 3.05) is 157 Å². The van der Waals surface area contributed by atoms with Crippen LogP contribution >= 0.6 is 0 Å². The molecule has 1 aliphatic carbocycles. The van der Waals surface area contributed by atoms with Crippen molar-refractivity contribution in [3.05, 3.63) is 12.2 Å². The van der Waals surface area contributed by atoms with E-state index in [9.17, 15) is 9.59 Å². The summed E-state index contributed by atoms with van der Waals surface area (Å²) in [5.74, 6) is 0.616. The van der Waals surface area contributed by atoms with E-state index < -0.39 is 0 Å². The Morgan fingerprint density at radius 2 is 0.938 bits per heavy atom. The van der Waals surface area contributed by atoms with E-state index in [1.165, 1.54) is 31.5 Å². The van der Waals surface area contributed by atoms with Crippen LogP contribution in [0.25, 0.3) is 0 Å². The first-order valence-electron chi connectivity index (χ1n) is 25.8. The second-order valence-electron chi connectivity index (χ2n) is 17.5. The number of hydrogen-bond donors (Lipinski definition) is 13. The van der Waals surface area contributed by atoms with Gasteiger partial charge in [0, 0.05) is 144 Å². The zero-order valence-electron chi connectivity index (χ0n) is 40.6. The molecular weight excluding hydrogens is 807 g/mol. The van der Waals surface area contributed by atoms with Gasteiger partial charge in [0.25, 0.3) is 0 Å². The van der Waals surface area contributed by atoms with Gasteiger partial charge < -0.3 is 75.3 Å². The van der Waals surface area contributed by atoms with Crippen molar-refractivity contribution in [3.63, 3.8) is 0 Å². The molecule has 2 aliphatic rings. The molecule has 0 aromatic carbocycles. The van der Waals surface area contributed by atoms with E-state index in [4.69, 9.17) is 22.2 Å². The molecule has 4 unspecified atom stereocenters. The molecule has 2 rings (SSSR count). The molecule has 17 nitrogen and oxygen atoms in total. The predicted molar refractivity (Wildman–Crippen MR) is 269 cm³/mol. The number of carbonyl (C=O) groups excluding carboxylic acids is 2. The fourth-order valence-corrected chi connectivity index (χ4v) is 8.64. The van der Waals surface area contributed by atoms with Crippen LogP contribution in [0.4, 0.5) is 0 Å². The average molecular weight is 906 g/mol. The second-order valence-corrected chi connectivity index (χ2v) is 17.5. The standard InChI is InChI=1S/C47H99N15O2/c1-2-3-4-8-12-41-15-16-42(13-9-6-5-7-10-14-43-59-38-40-62(43)39-37-58-32-25-53-22-19-50)45(47(64)61-36-33-56-30-28-54-26-23-51-20-11-17-48)44(41)46(63)60-35-34-57-31-29-55-27-24-52-21-18-49/h15-16,41-42,44-45,51-58H,2-14,17-40,48-50H2,1H3,(H,60,63)(H,61,64). The van der Waals surface area contributed by atoms with E-state index in [1.54, 1.807) is 0 Å². The van der Waals surface area contributed by atoms with E-state index >= 15 is 0 Å². The minimum absolute atomic E-state index is 0.0155. The molecule has 16 N–H and O–H groups in total. The quantitative estimate of drug-likeness (QED) is 0.0276. The third kappa shape index (κ3) is 28.7. The maximum absolute atomic E-state index is 14.3. The van der Waals surface area contributed by atoms with Crippen LogP contribution in [0.3, 0.4) is 0 Å². The topological polar surface area (TPSA) is 248 Å². The number of amidine groups is 1. The number of nitrogens with one attached hydrogen (secondary N) is 10. The van der Waals surface area contributed by atoms with Crippen molar-refractivity contribution in [2.45, 2.75) is 90.4 Å². The Hall–Kier alpha value is -2.29. The van der Waals surface area contributed by atoms with Crippen molar-refractivity contribution in [2.24, 2.45) is 45.9 Å². The first-order chi connectivity index (χ1) is 31.6. The summed E-state index contributed by atoms with van der Waals surface area (Å²) in [5.41, 5.74) is 16.7. The summed E-state index contributed by atoms with van der Waals surface area (Å²) >= 11 is 0. The van der Waals surface area contributed by atoms with E-state index in [1.807, 2.05) is 0 Å². The lowest BCUT2D eigenvalue weighted by molar-refractivity contribution is -0.138. The Morgan fingerprint density at radius 3 is 1.42 bits per heavy atom. The van der Waals surface area contributed by atoms with Gasteiger partial charge in [-0.3, -0.25) is 14.6 Å². The van der Waals surface area contributed by atoms with Gasteiger partial charge in [0.2, 0.25) is 11.8 Å². The molecule has 0 radical (unpaired) electrons. The van der Waals surface area contributed by atoms with Crippen molar-refractivity contribution >= 4 is 17.6 Å². The summed E-state index contributed by atoms with van der Waals surface area (Å²) in [6.07, 6.45) is 18.7. The lowest BCUT2D eigenvalue weighted by atomic mass is 9.67. The average Bonchev–Trinajstić information content (AvgIpc) is 3.76. The maximum Gasteiger partial charge on any atom is 0.224 e. The molecule has 0 aromatic heterocycles. The molecule has 0 bridgehead atoms.